The molecule has 0 aliphatic heterocycles. The third-order valence-corrected chi connectivity index (χ3v) is 6.48. The number of fused-ring (bicyclic) bond motifs is 1. The van der Waals surface area contributed by atoms with Crippen molar-refractivity contribution >= 4 is 48.4 Å². The summed E-state index contributed by atoms with van der Waals surface area (Å²) in [6.07, 6.45) is 3.83. The van der Waals surface area contributed by atoms with E-state index in [0.29, 0.717) is 28.2 Å². The van der Waals surface area contributed by atoms with E-state index in [1.54, 1.807) is 6.07 Å². The van der Waals surface area contributed by atoms with Crippen molar-refractivity contribution in [1.82, 2.24) is 4.98 Å². The highest BCUT2D eigenvalue weighted by atomic mass is 32.2. The number of amides is 1. The Labute approximate surface area is 149 Å². The fraction of sp³-hybridized carbons (Fsp3) is 0.438. The van der Waals surface area contributed by atoms with Crippen LogP contribution in [-0.4, -0.2) is 36.6 Å². The maximum atomic E-state index is 12.5. The number of aromatic nitrogens is 1. The first-order valence-electron chi connectivity index (χ1n) is 7.90. The number of nitrogens with zero attached hydrogens (tertiary/aromatic N) is 1. The van der Waals surface area contributed by atoms with Gasteiger partial charge in [-0.1, -0.05) is 24.2 Å². The van der Waals surface area contributed by atoms with Crippen LogP contribution in [0.2, 0.25) is 0 Å². The van der Waals surface area contributed by atoms with Gasteiger partial charge in [-0.05, 0) is 31.0 Å². The fourth-order valence-corrected chi connectivity index (χ4v) is 4.76. The lowest BCUT2D eigenvalue weighted by atomic mass is 9.79. The number of nitrogens with one attached hydrogen (secondary N) is 1. The van der Waals surface area contributed by atoms with Crippen LogP contribution in [0, 0.1) is 11.8 Å². The number of carbonyl (C=O) groups excluding carboxylic acids is 1. The molecule has 134 valence electrons. The average Bonchev–Trinajstić information content (AvgIpc) is 2.95. The molecule has 0 spiro atoms. The van der Waals surface area contributed by atoms with E-state index >= 15 is 0 Å². The minimum absolute atomic E-state index is 0.194. The van der Waals surface area contributed by atoms with E-state index in [0.717, 1.165) is 19.1 Å². The summed E-state index contributed by atoms with van der Waals surface area (Å²) in [5.41, 5.74) is 0.589. The molecule has 1 saturated carbocycles. The number of aliphatic carboxylic acids is 1. The van der Waals surface area contributed by atoms with Gasteiger partial charge in [-0.2, -0.15) is 0 Å². The summed E-state index contributed by atoms with van der Waals surface area (Å²) in [6.45, 7) is 0. The van der Waals surface area contributed by atoms with Crippen molar-refractivity contribution in [2.75, 3.05) is 11.6 Å². The molecule has 0 bridgehead atoms. The van der Waals surface area contributed by atoms with Crippen LogP contribution in [0.15, 0.2) is 23.1 Å². The van der Waals surface area contributed by atoms with Crippen molar-refractivity contribution in [2.24, 2.45) is 11.8 Å². The number of carboxylic acid groups (broad SMARTS) is 1. The van der Waals surface area contributed by atoms with Crippen LogP contribution in [0.1, 0.15) is 25.7 Å². The average molecular weight is 382 g/mol. The lowest BCUT2D eigenvalue weighted by Crippen LogP contribution is -2.36. The largest absolute Gasteiger partial charge is 0.481 e. The normalized spacial score (nSPS) is 21.2. The zero-order chi connectivity index (χ0) is 18.2. The van der Waals surface area contributed by atoms with Crippen molar-refractivity contribution in [3.8, 4) is 0 Å². The van der Waals surface area contributed by atoms with Crippen LogP contribution in [-0.2, 0) is 19.4 Å². The molecule has 1 aromatic carbocycles. The summed E-state index contributed by atoms with van der Waals surface area (Å²) in [7, 11) is -3.32. The van der Waals surface area contributed by atoms with Gasteiger partial charge in [0.05, 0.1) is 26.9 Å². The lowest BCUT2D eigenvalue weighted by molar-refractivity contribution is -0.147. The highest BCUT2D eigenvalue weighted by molar-refractivity contribution is 7.90. The number of hydrogen-bond donors (Lipinski definition) is 2. The van der Waals surface area contributed by atoms with Crippen molar-refractivity contribution in [2.45, 2.75) is 30.6 Å². The van der Waals surface area contributed by atoms with Crippen LogP contribution in [0.4, 0.5) is 5.13 Å². The van der Waals surface area contributed by atoms with Crippen molar-refractivity contribution < 1.29 is 23.1 Å². The van der Waals surface area contributed by atoms with E-state index in [4.69, 9.17) is 0 Å². The number of carbonyl (C=O) groups is 2. The van der Waals surface area contributed by atoms with Crippen molar-refractivity contribution in [3.63, 3.8) is 0 Å². The molecule has 2 atom stereocenters. The Balaban J connectivity index is 1.82. The summed E-state index contributed by atoms with van der Waals surface area (Å²) < 4.78 is 23.9. The second kappa shape index (κ2) is 6.72. The second-order valence-electron chi connectivity index (χ2n) is 6.25. The molecule has 2 aromatic rings. The first-order chi connectivity index (χ1) is 11.8. The van der Waals surface area contributed by atoms with Gasteiger partial charge in [0.2, 0.25) is 5.91 Å². The number of sulfone groups is 1. The minimum Gasteiger partial charge on any atom is -0.481 e. The molecular formula is C16H18N2O5S2. The molecule has 0 saturated heterocycles. The van der Waals surface area contributed by atoms with Gasteiger partial charge in [0.15, 0.2) is 15.0 Å². The van der Waals surface area contributed by atoms with E-state index in [1.807, 2.05) is 0 Å². The molecule has 1 aromatic heterocycles. The van der Waals surface area contributed by atoms with Crippen LogP contribution in [0.5, 0.6) is 0 Å². The van der Waals surface area contributed by atoms with Crippen LogP contribution in [0.3, 0.4) is 0 Å². The summed E-state index contributed by atoms with van der Waals surface area (Å²) >= 11 is 1.17. The van der Waals surface area contributed by atoms with Crippen molar-refractivity contribution in [3.05, 3.63) is 18.2 Å². The zero-order valence-electron chi connectivity index (χ0n) is 13.6. The molecule has 2 unspecified atom stereocenters. The highest BCUT2D eigenvalue weighted by Gasteiger charge is 2.36. The summed E-state index contributed by atoms with van der Waals surface area (Å²) in [5, 5.41) is 12.3. The van der Waals surface area contributed by atoms with Crippen LogP contribution >= 0.6 is 11.3 Å². The number of hydrogen-bond acceptors (Lipinski definition) is 6. The zero-order valence-corrected chi connectivity index (χ0v) is 15.2. The highest BCUT2D eigenvalue weighted by Crippen LogP contribution is 2.33. The summed E-state index contributed by atoms with van der Waals surface area (Å²) in [5.74, 6) is -2.51. The molecule has 1 aliphatic carbocycles. The van der Waals surface area contributed by atoms with Gasteiger partial charge in [0.25, 0.3) is 0 Å². The maximum absolute atomic E-state index is 12.5. The molecule has 2 N–H and O–H groups in total. The smallest absolute Gasteiger partial charge is 0.307 e. The molecule has 9 heteroatoms. The fourth-order valence-electron chi connectivity index (χ4n) is 3.13. The molecule has 1 fully saturated rings. The third kappa shape index (κ3) is 3.82. The van der Waals surface area contributed by atoms with E-state index in [9.17, 15) is 23.1 Å². The van der Waals surface area contributed by atoms with Gasteiger partial charge in [-0.15, -0.1) is 0 Å². The molecule has 1 heterocycles. The Morgan fingerprint density at radius 2 is 1.92 bits per heavy atom. The Morgan fingerprint density at radius 3 is 2.56 bits per heavy atom. The molecule has 0 radical (unpaired) electrons. The first kappa shape index (κ1) is 17.8. The van der Waals surface area contributed by atoms with Gasteiger partial charge in [-0.3, -0.25) is 9.59 Å². The topological polar surface area (TPSA) is 113 Å². The number of thiazole rings is 1. The molecule has 25 heavy (non-hydrogen) atoms. The van der Waals surface area contributed by atoms with E-state index in [2.05, 4.69) is 10.3 Å². The molecule has 7 nitrogen and oxygen atoms in total. The first-order valence-corrected chi connectivity index (χ1v) is 10.6. The molecule has 1 amide bonds. The van der Waals surface area contributed by atoms with Gasteiger partial charge in [0, 0.05) is 6.26 Å². The second-order valence-corrected chi connectivity index (χ2v) is 9.29. The lowest BCUT2D eigenvalue weighted by Gasteiger charge is -2.26. The number of benzene rings is 1. The standard InChI is InChI=1S/C16H18N2O5S2/c1-25(22,23)9-6-7-12-13(8-9)24-16(17-12)18-14(19)10-4-2-3-5-11(10)15(20)21/h6-8,10-11H,2-5H2,1H3,(H,20,21)(H,17,18,19). The Kier molecular flexibility index (Phi) is 4.79. The number of carboxylic acids is 1. The molecule has 3 rings (SSSR count). The van der Waals surface area contributed by atoms with Gasteiger partial charge >= 0.3 is 5.97 Å². The van der Waals surface area contributed by atoms with Crippen LogP contribution < -0.4 is 5.32 Å². The third-order valence-electron chi connectivity index (χ3n) is 4.44. The Bertz CT molecular complexity index is 935. The number of anilines is 1. The Morgan fingerprint density at radius 1 is 1.24 bits per heavy atom. The van der Waals surface area contributed by atoms with Crippen molar-refractivity contribution in [1.29, 1.82) is 0 Å². The van der Waals surface area contributed by atoms with Gasteiger partial charge in [-0.25, -0.2) is 13.4 Å². The number of rotatable bonds is 4. The van der Waals surface area contributed by atoms with Gasteiger partial charge in [0.1, 0.15) is 0 Å². The molecular weight excluding hydrogens is 364 g/mol. The summed E-state index contributed by atoms with van der Waals surface area (Å²) in [4.78, 5) is 28.3. The van der Waals surface area contributed by atoms with E-state index in [1.165, 1.54) is 23.5 Å². The SMILES string of the molecule is CS(=O)(=O)c1ccc2nc(NC(=O)C3CCCCC3C(=O)O)sc2c1. The minimum atomic E-state index is -3.32. The predicted octanol–water partition coefficient (Wildman–Crippen LogP) is 2.53. The van der Waals surface area contributed by atoms with Crippen LogP contribution in [0.25, 0.3) is 10.2 Å². The quantitative estimate of drug-likeness (QED) is 0.840. The van der Waals surface area contributed by atoms with E-state index in [-0.39, 0.29) is 10.8 Å². The van der Waals surface area contributed by atoms with Gasteiger partial charge < -0.3 is 10.4 Å². The van der Waals surface area contributed by atoms with E-state index < -0.39 is 27.6 Å². The monoisotopic (exact) mass is 382 g/mol. The molecule has 1 aliphatic rings. The predicted molar refractivity (Wildman–Crippen MR) is 94.4 cm³/mol. The maximum Gasteiger partial charge on any atom is 0.307 e. The Hall–Kier alpha value is -2.00. The summed E-state index contributed by atoms with van der Waals surface area (Å²) in [6, 6.07) is 4.60.